The number of fused-ring (bicyclic) bond motifs is 1. The van der Waals surface area contributed by atoms with Crippen LogP contribution in [0.2, 0.25) is 0 Å². The van der Waals surface area contributed by atoms with Gasteiger partial charge in [-0.15, -0.1) is 0 Å². The molecule has 0 fully saturated rings. The number of carbonyl (C=O) groups is 1. The molecule has 1 aromatic heterocycles. The van der Waals surface area contributed by atoms with E-state index in [4.69, 9.17) is 5.11 Å². The van der Waals surface area contributed by atoms with E-state index in [0.29, 0.717) is 25.1 Å². The number of carboxylic acid groups (broad SMARTS) is 1. The molecule has 86 valence electrons. The number of aromatic nitrogens is 2. The summed E-state index contributed by atoms with van der Waals surface area (Å²) in [5.74, 6) is -0.952. The predicted octanol–water partition coefficient (Wildman–Crippen LogP) is 0.0832. The quantitative estimate of drug-likeness (QED) is 0.742. The maximum absolute atomic E-state index is 11.9. The highest BCUT2D eigenvalue weighted by molar-refractivity contribution is 5.72. The Labute approximate surface area is 91.2 Å². The van der Waals surface area contributed by atoms with Gasteiger partial charge in [-0.25, -0.2) is 4.79 Å². The third kappa shape index (κ3) is 1.37. The summed E-state index contributed by atoms with van der Waals surface area (Å²) in [5.41, 5.74) is -0.258. The Kier molecular flexibility index (Phi) is 2.41. The Bertz CT molecular complexity index is 506. The zero-order chi connectivity index (χ0) is 11.9. The maximum atomic E-state index is 11.9. The molecule has 6 nitrogen and oxygen atoms in total. The van der Waals surface area contributed by atoms with Gasteiger partial charge in [0.15, 0.2) is 0 Å². The van der Waals surface area contributed by atoms with Gasteiger partial charge in [-0.1, -0.05) is 6.92 Å². The average molecular weight is 224 g/mol. The van der Waals surface area contributed by atoms with Crippen LogP contribution >= 0.6 is 0 Å². The molecule has 1 aliphatic rings. The fraction of sp³-hybridized carbons (Fsp3) is 0.500. The highest BCUT2D eigenvalue weighted by Gasteiger charge is 2.31. The third-order valence-corrected chi connectivity index (χ3v) is 2.85. The van der Waals surface area contributed by atoms with Crippen molar-refractivity contribution >= 4 is 5.97 Å². The molecule has 1 aromatic rings. The molecule has 0 amide bonds. The first-order valence-corrected chi connectivity index (χ1v) is 5.12. The van der Waals surface area contributed by atoms with Crippen LogP contribution in [-0.2, 0) is 17.6 Å². The number of nitrogens with zero attached hydrogens (tertiary/aromatic N) is 2. The average Bonchev–Trinajstić information content (AvgIpc) is 2.62. The maximum Gasteiger partial charge on any atom is 0.326 e. The molecule has 6 heteroatoms. The van der Waals surface area contributed by atoms with Crippen molar-refractivity contribution in [3.8, 4) is 5.88 Å². The van der Waals surface area contributed by atoms with Crippen LogP contribution in [0.3, 0.4) is 0 Å². The molecule has 0 saturated heterocycles. The van der Waals surface area contributed by atoms with Gasteiger partial charge in [-0.05, 0) is 12.8 Å². The Morgan fingerprint density at radius 1 is 1.62 bits per heavy atom. The number of hydrogen-bond donors (Lipinski definition) is 2. The first-order valence-electron chi connectivity index (χ1n) is 5.12. The van der Waals surface area contributed by atoms with Gasteiger partial charge in [0.1, 0.15) is 11.9 Å². The second-order valence-electron chi connectivity index (χ2n) is 3.75. The van der Waals surface area contributed by atoms with Crippen LogP contribution in [0.5, 0.6) is 5.88 Å². The fourth-order valence-electron chi connectivity index (χ4n) is 2.04. The second kappa shape index (κ2) is 3.62. The van der Waals surface area contributed by atoms with Crippen LogP contribution in [-0.4, -0.2) is 25.7 Å². The van der Waals surface area contributed by atoms with Crippen LogP contribution < -0.4 is 5.56 Å². The van der Waals surface area contributed by atoms with Gasteiger partial charge < -0.3 is 10.2 Å². The number of aliphatic carboxylic acids is 1. The van der Waals surface area contributed by atoms with Gasteiger partial charge in [-0.2, -0.15) is 4.98 Å². The number of rotatable bonds is 2. The lowest BCUT2D eigenvalue weighted by Gasteiger charge is -2.11. The lowest BCUT2D eigenvalue weighted by Crippen LogP contribution is -2.30. The van der Waals surface area contributed by atoms with E-state index in [-0.39, 0.29) is 11.4 Å². The fourth-order valence-corrected chi connectivity index (χ4v) is 2.04. The van der Waals surface area contributed by atoms with E-state index < -0.39 is 17.6 Å². The Morgan fingerprint density at radius 3 is 2.88 bits per heavy atom. The lowest BCUT2D eigenvalue weighted by atomic mass is 10.2. The van der Waals surface area contributed by atoms with E-state index in [1.165, 1.54) is 4.57 Å². The monoisotopic (exact) mass is 224 g/mol. The summed E-state index contributed by atoms with van der Waals surface area (Å²) in [6.45, 7) is 1.72. The minimum atomic E-state index is -1.03. The van der Waals surface area contributed by atoms with Crippen molar-refractivity contribution in [1.29, 1.82) is 0 Å². The lowest BCUT2D eigenvalue weighted by molar-refractivity contribution is -0.140. The summed E-state index contributed by atoms with van der Waals surface area (Å²) in [6, 6.07) is -0.846. The normalized spacial score (nSPS) is 18.4. The molecule has 0 spiro atoms. The Morgan fingerprint density at radius 2 is 2.31 bits per heavy atom. The van der Waals surface area contributed by atoms with Gasteiger partial charge in [0.05, 0.1) is 5.56 Å². The molecule has 2 heterocycles. The molecule has 1 atom stereocenters. The van der Waals surface area contributed by atoms with Crippen molar-refractivity contribution in [1.82, 2.24) is 9.55 Å². The van der Waals surface area contributed by atoms with Crippen LogP contribution in [0.25, 0.3) is 0 Å². The Hall–Kier alpha value is -1.85. The number of aryl methyl sites for hydroxylation is 1. The topological polar surface area (TPSA) is 92.4 Å². The van der Waals surface area contributed by atoms with E-state index in [0.717, 1.165) is 0 Å². The summed E-state index contributed by atoms with van der Waals surface area (Å²) in [4.78, 5) is 26.8. The van der Waals surface area contributed by atoms with Gasteiger partial charge in [-0.3, -0.25) is 9.36 Å². The second-order valence-corrected chi connectivity index (χ2v) is 3.75. The van der Waals surface area contributed by atoms with Crippen LogP contribution in [0.4, 0.5) is 0 Å². The molecule has 0 bridgehead atoms. The standard InChI is InChI=1S/C10H12N2O4/c1-2-5-8(13)11-7-4-3-6(10(15)16)12(7)9(5)14/h6,13H,2-4H2,1H3,(H,15,16)/t6-/m0/s1. The predicted molar refractivity (Wildman–Crippen MR) is 54.5 cm³/mol. The molecule has 2 rings (SSSR count). The number of carboxylic acids is 1. The first kappa shape index (κ1) is 10.7. The molecular weight excluding hydrogens is 212 g/mol. The zero-order valence-corrected chi connectivity index (χ0v) is 8.80. The molecule has 0 radical (unpaired) electrons. The SMILES string of the molecule is CCc1c(O)nc2n(c1=O)[C@H](C(=O)O)CC2. The van der Waals surface area contributed by atoms with Crippen LogP contribution in [0.15, 0.2) is 4.79 Å². The first-order chi connectivity index (χ1) is 7.56. The molecule has 16 heavy (non-hydrogen) atoms. The molecule has 0 aliphatic carbocycles. The van der Waals surface area contributed by atoms with Crippen LogP contribution in [0.1, 0.15) is 30.8 Å². The molecule has 2 N–H and O–H groups in total. The highest BCUT2D eigenvalue weighted by atomic mass is 16.4. The minimum absolute atomic E-state index is 0.178. The van der Waals surface area contributed by atoms with Gasteiger partial charge >= 0.3 is 5.97 Å². The summed E-state index contributed by atoms with van der Waals surface area (Å²) in [7, 11) is 0. The van der Waals surface area contributed by atoms with Gasteiger partial charge in [0, 0.05) is 6.42 Å². The highest BCUT2D eigenvalue weighted by Crippen LogP contribution is 2.25. The van der Waals surface area contributed by atoms with Crippen molar-refractivity contribution in [2.75, 3.05) is 0 Å². The number of aromatic hydroxyl groups is 1. The number of hydrogen-bond acceptors (Lipinski definition) is 4. The minimum Gasteiger partial charge on any atom is -0.493 e. The van der Waals surface area contributed by atoms with Gasteiger partial charge in [0.25, 0.3) is 5.56 Å². The summed E-state index contributed by atoms with van der Waals surface area (Å²) in [5, 5.41) is 18.5. The van der Waals surface area contributed by atoms with E-state index >= 15 is 0 Å². The van der Waals surface area contributed by atoms with Crippen molar-refractivity contribution in [2.45, 2.75) is 32.2 Å². The van der Waals surface area contributed by atoms with E-state index in [1.807, 2.05) is 0 Å². The van der Waals surface area contributed by atoms with Crippen molar-refractivity contribution in [3.63, 3.8) is 0 Å². The molecule has 0 saturated carbocycles. The van der Waals surface area contributed by atoms with E-state index in [2.05, 4.69) is 4.98 Å². The summed E-state index contributed by atoms with van der Waals surface area (Å²) >= 11 is 0. The van der Waals surface area contributed by atoms with Crippen molar-refractivity contribution in [3.05, 3.63) is 21.7 Å². The van der Waals surface area contributed by atoms with Crippen LogP contribution in [0, 0.1) is 0 Å². The van der Waals surface area contributed by atoms with E-state index in [9.17, 15) is 14.7 Å². The Balaban J connectivity index is 2.67. The zero-order valence-electron chi connectivity index (χ0n) is 8.80. The summed E-state index contributed by atoms with van der Waals surface area (Å²) in [6.07, 6.45) is 1.10. The summed E-state index contributed by atoms with van der Waals surface area (Å²) < 4.78 is 1.18. The molecule has 1 aliphatic heterocycles. The molecule has 0 aromatic carbocycles. The smallest absolute Gasteiger partial charge is 0.326 e. The largest absolute Gasteiger partial charge is 0.493 e. The van der Waals surface area contributed by atoms with Crippen molar-refractivity contribution in [2.24, 2.45) is 0 Å². The molecule has 0 unspecified atom stereocenters. The van der Waals surface area contributed by atoms with Gasteiger partial charge in [0.2, 0.25) is 5.88 Å². The van der Waals surface area contributed by atoms with Crippen molar-refractivity contribution < 1.29 is 15.0 Å². The molecular formula is C10H12N2O4. The third-order valence-electron chi connectivity index (χ3n) is 2.85. The van der Waals surface area contributed by atoms with E-state index in [1.54, 1.807) is 6.92 Å².